The van der Waals surface area contributed by atoms with Gasteiger partial charge in [0.2, 0.25) is 10.0 Å². The number of morpholine rings is 1. The summed E-state index contributed by atoms with van der Waals surface area (Å²) in [6.45, 7) is 5.51. The first kappa shape index (κ1) is 24.0. The summed E-state index contributed by atoms with van der Waals surface area (Å²) in [5.74, 6) is 0.722. The van der Waals surface area contributed by atoms with Gasteiger partial charge in [-0.15, -0.1) is 0 Å². The second-order valence-electron chi connectivity index (χ2n) is 7.42. The molecule has 1 fully saturated rings. The molecule has 1 aliphatic heterocycles. The maximum atomic E-state index is 13.6. The highest BCUT2D eigenvalue weighted by molar-refractivity contribution is 7.89. The molecular formula is C23H30N2O6S. The lowest BCUT2D eigenvalue weighted by Gasteiger charge is -2.30. The molecule has 0 bridgehead atoms. The molecule has 1 atom stereocenters. The Morgan fingerprint density at radius 3 is 2.47 bits per heavy atom. The molecule has 0 aliphatic carbocycles. The average molecular weight is 463 g/mol. The van der Waals surface area contributed by atoms with Crippen molar-refractivity contribution < 1.29 is 27.4 Å². The number of hydrogen-bond acceptors (Lipinski definition) is 6. The van der Waals surface area contributed by atoms with Crippen molar-refractivity contribution in [1.82, 2.24) is 9.21 Å². The monoisotopic (exact) mass is 462 g/mol. The predicted molar refractivity (Wildman–Crippen MR) is 121 cm³/mol. The maximum Gasteiger partial charge on any atom is 0.258 e. The zero-order valence-electron chi connectivity index (χ0n) is 18.9. The number of benzene rings is 2. The average Bonchev–Trinajstić information content (AvgIpc) is 2.84. The molecule has 9 heteroatoms. The van der Waals surface area contributed by atoms with Crippen molar-refractivity contribution in [1.29, 1.82) is 0 Å². The van der Waals surface area contributed by atoms with E-state index in [0.29, 0.717) is 31.3 Å². The SMILES string of the molecule is CCN(C(=O)c1cc(S(=O)(=O)N2CCOCC2)ccc1OC)C(C)c1cccc(OC)c1. The lowest BCUT2D eigenvalue weighted by molar-refractivity contribution is 0.0697. The topological polar surface area (TPSA) is 85.4 Å². The van der Waals surface area contributed by atoms with Crippen molar-refractivity contribution in [2.45, 2.75) is 24.8 Å². The Morgan fingerprint density at radius 2 is 1.84 bits per heavy atom. The molecule has 3 rings (SSSR count). The molecule has 1 aliphatic rings. The second kappa shape index (κ2) is 10.3. The Balaban J connectivity index is 1.97. The van der Waals surface area contributed by atoms with Crippen molar-refractivity contribution in [2.24, 2.45) is 0 Å². The number of carbonyl (C=O) groups excluding carboxylic acids is 1. The van der Waals surface area contributed by atoms with Crippen molar-refractivity contribution in [3.8, 4) is 11.5 Å². The fourth-order valence-electron chi connectivity index (χ4n) is 3.78. The summed E-state index contributed by atoms with van der Waals surface area (Å²) in [4.78, 5) is 15.3. The predicted octanol–water partition coefficient (Wildman–Crippen LogP) is 2.95. The minimum Gasteiger partial charge on any atom is -0.497 e. The third-order valence-corrected chi connectivity index (χ3v) is 7.55. The normalized spacial score (nSPS) is 15.8. The van der Waals surface area contributed by atoms with Gasteiger partial charge in [0.25, 0.3) is 5.91 Å². The molecule has 1 heterocycles. The molecule has 8 nitrogen and oxygen atoms in total. The Bertz CT molecular complexity index is 1050. The van der Waals surface area contributed by atoms with Gasteiger partial charge < -0.3 is 19.1 Å². The second-order valence-corrected chi connectivity index (χ2v) is 9.36. The van der Waals surface area contributed by atoms with Crippen LogP contribution in [0.1, 0.15) is 35.8 Å². The third kappa shape index (κ3) is 4.90. The molecule has 2 aromatic carbocycles. The third-order valence-electron chi connectivity index (χ3n) is 5.65. The number of amides is 1. The van der Waals surface area contributed by atoms with Gasteiger partial charge in [0.15, 0.2) is 0 Å². The molecule has 32 heavy (non-hydrogen) atoms. The fourth-order valence-corrected chi connectivity index (χ4v) is 5.21. The van der Waals surface area contributed by atoms with Crippen LogP contribution in [0.15, 0.2) is 47.4 Å². The lowest BCUT2D eigenvalue weighted by Crippen LogP contribution is -2.40. The summed E-state index contributed by atoms with van der Waals surface area (Å²) >= 11 is 0. The Kier molecular flexibility index (Phi) is 7.76. The van der Waals surface area contributed by atoms with Crippen LogP contribution in [0.3, 0.4) is 0 Å². The summed E-state index contributed by atoms with van der Waals surface area (Å²) < 4.78 is 43.6. The summed E-state index contributed by atoms with van der Waals surface area (Å²) in [5, 5.41) is 0. The molecule has 1 unspecified atom stereocenters. The van der Waals surface area contributed by atoms with Crippen LogP contribution in [0.25, 0.3) is 0 Å². The van der Waals surface area contributed by atoms with Gasteiger partial charge in [-0.2, -0.15) is 4.31 Å². The first-order valence-corrected chi connectivity index (χ1v) is 12.0. The first-order valence-electron chi connectivity index (χ1n) is 10.5. The number of ether oxygens (including phenoxy) is 3. The van der Waals surface area contributed by atoms with E-state index in [2.05, 4.69) is 0 Å². The van der Waals surface area contributed by atoms with E-state index in [1.54, 1.807) is 12.0 Å². The van der Waals surface area contributed by atoms with Gasteiger partial charge in [-0.05, 0) is 49.7 Å². The minimum atomic E-state index is -3.75. The molecule has 0 radical (unpaired) electrons. The van der Waals surface area contributed by atoms with E-state index < -0.39 is 10.0 Å². The molecule has 1 saturated heterocycles. The molecule has 0 aromatic heterocycles. The molecule has 174 valence electrons. The van der Waals surface area contributed by atoms with Crippen molar-refractivity contribution >= 4 is 15.9 Å². The number of nitrogens with zero attached hydrogens (tertiary/aromatic N) is 2. The highest BCUT2D eigenvalue weighted by Gasteiger charge is 2.30. The summed E-state index contributed by atoms with van der Waals surface area (Å²) in [7, 11) is -0.689. The van der Waals surface area contributed by atoms with Gasteiger partial charge in [-0.3, -0.25) is 4.79 Å². The highest BCUT2D eigenvalue weighted by Crippen LogP contribution is 2.30. The molecule has 0 spiro atoms. The van der Waals surface area contributed by atoms with E-state index in [1.165, 1.54) is 29.6 Å². The van der Waals surface area contributed by atoms with Crippen molar-refractivity contribution in [2.75, 3.05) is 47.1 Å². The quantitative estimate of drug-likeness (QED) is 0.600. The van der Waals surface area contributed by atoms with E-state index in [9.17, 15) is 13.2 Å². The van der Waals surface area contributed by atoms with E-state index in [4.69, 9.17) is 14.2 Å². The van der Waals surface area contributed by atoms with Gasteiger partial charge in [0.05, 0.1) is 43.9 Å². The molecule has 2 aromatic rings. The van der Waals surface area contributed by atoms with Crippen LogP contribution >= 0.6 is 0 Å². The van der Waals surface area contributed by atoms with Crippen LogP contribution < -0.4 is 9.47 Å². The Hall–Kier alpha value is -2.62. The molecular weight excluding hydrogens is 432 g/mol. The summed E-state index contributed by atoms with van der Waals surface area (Å²) in [6, 6.07) is 11.7. The van der Waals surface area contributed by atoms with E-state index in [-0.39, 0.29) is 35.5 Å². The van der Waals surface area contributed by atoms with E-state index >= 15 is 0 Å². The van der Waals surface area contributed by atoms with E-state index in [1.807, 2.05) is 38.1 Å². The van der Waals surface area contributed by atoms with Gasteiger partial charge in [-0.1, -0.05) is 12.1 Å². The van der Waals surface area contributed by atoms with Gasteiger partial charge in [-0.25, -0.2) is 8.42 Å². The lowest BCUT2D eigenvalue weighted by atomic mass is 10.0. The minimum absolute atomic E-state index is 0.0636. The fraction of sp³-hybridized carbons (Fsp3) is 0.435. The largest absolute Gasteiger partial charge is 0.497 e. The highest BCUT2D eigenvalue weighted by atomic mass is 32.2. The maximum absolute atomic E-state index is 13.6. The van der Waals surface area contributed by atoms with Crippen LogP contribution in [-0.2, 0) is 14.8 Å². The molecule has 1 amide bonds. The number of sulfonamides is 1. The zero-order chi connectivity index (χ0) is 23.3. The smallest absolute Gasteiger partial charge is 0.258 e. The van der Waals surface area contributed by atoms with Crippen LogP contribution in [0.5, 0.6) is 11.5 Å². The van der Waals surface area contributed by atoms with Crippen LogP contribution in [-0.4, -0.2) is 70.6 Å². The molecule has 0 N–H and O–H groups in total. The number of rotatable bonds is 8. The Morgan fingerprint density at radius 1 is 1.12 bits per heavy atom. The van der Waals surface area contributed by atoms with Crippen LogP contribution in [0.2, 0.25) is 0 Å². The van der Waals surface area contributed by atoms with Gasteiger partial charge >= 0.3 is 0 Å². The number of carbonyl (C=O) groups is 1. The Labute approximate surface area is 189 Å². The zero-order valence-corrected chi connectivity index (χ0v) is 19.7. The van der Waals surface area contributed by atoms with Crippen LogP contribution in [0, 0.1) is 0 Å². The van der Waals surface area contributed by atoms with Crippen LogP contribution in [0.4, 0.5) is 0 Å². The van der Waals surface area contributed by atoms with Gasteiger partial charge in [0.1, 0.15) is 11.5 Å². The van der Waals surface area contributed by atoms with Crippen molar-refractivity contribution in [3.63, 3.8) is 0 Å². The number of hydrogen-bond donors (Lipinski definition) is 0. The van der Waals surface area contributed by atoms with Crippen molar-refractivity contribution in [3.05, 3.63) is 53.6 Å². The first-order chi connectivity index (χ1) is 15.3. The van der Waals surface area contributed by atoms with E-state index in [0.717, 1.165) is 5.56 Å². The van der Waals surface area contributed by atoms with Gasteiger partial charge in [0, 0.05) is 19.6 Å². The standard InChI is InChI=1S/C23H30N2O6S/c1-5-25(17(2)18-7-6-8-19(15-18)29-3)23(26)21-16-20(9-10-22(21)30-4)32(27,28)24-11-13-31-14-12-24/h6-10,15-17H,5,11-14H2,1-4H3. The number of methoxy groups -OCH3 is 2. The molecule has 0 saturated carbocycles. The summed E-state index contributed by atoms with van der Waals surface area (Å²) in [6.07, 6.45) is 0. The summed E-state index contributed by atoms with van der Waals surface area (Å²) in [5.41, 5.74) is 1.12.